The van der Waals surface area contributed by atoms with Gasteiger partial charge in [-0.15, -0.1) is 10.2 Å². The van der Waals surface area contributed by atoms with Gasteiger partial charge in [0.15, 0.2) is 0 Å². The van der Waals surface area contributed by atoms with E-state index in [4.69, 9.17) is 11.6 Å². The Morgan fingerprint density at radius 2 is 2.13 bits per heavy atom. The van der Waals surface area contributed by atoms with Gasteiger partial charge in [0.1, 0.15) is 5.01 Å². The molecule has 1 aromatic heterocycles. The van der Waals surface area contributed by atoms with Crippen molar-refractivity contribution in [3.05, 3.63) is 34.3 Å². The number of benzene rings is 1. The van der Waals surface area contributed by atoms with E-state index in [9.17, 15) is 9.59 Å². The van der Waals surface area contributed by atoms with Gasteiger partial charge in [-0.3, -0.25) is 9.59 Å². The number of nitrogens with one attached hydrogen (secondary N) is 1. The summed E-state index contributed by atoms with van der Waals surface area (Å²) < 4.78 is 0. The molecule has 6 nitrogen and oxygen atoms in total. The fraction of sp³-hybridized carbons (Fsp3) is 0.333. The zero-order valence-corrected chi connectivity index (χ0v) is 14.0. The van der Waals surface area contributed by atoms with Crippen molar-refractivity contribution in [3.8, 4) is 0 Å². The molecule has 2 heterocycles. The first kappa shape index (κ1) is 15.9. The van der Waals surface area contributed by atoms with Crippen LogP contribution in [0.25, 0.3) is 0 Å². The van der Waals surface area contributed by atoms with Gasteiger partial charge in [0.2, 0.25) is 16.9 Å². The summed E-state index contributed by atoms with van der Waals surface area (Å²) in [5.41, 5.74) is 0.825. The van der Waals surface area contributed by atoms with E-state index in [-0.39, 0.29) is 17.7 Å². The summed E-state index contributed by atoms with van der Waals surface area (Å²) in [7, 11) is 0. The normalized spacial score (nSPS) is 17.6. The number of hydrogen-bond acceptors (Lipinski definition) is 5. The third-order valence-corrected chi connectivity index (χ3v) is 4.87. The molecule has 2 aromatic rings. The van der Waals surface area contributed by atoms with Crippen LogP contribution in [-0.4, -0.2) is 28.6 Å². The van der Waals surface area contributed by atoms with Crippen LogP contribution in [0, 0.1) is 0 Å². The van der Waals surface area contributed by atoms with Gasteiger partial charge in [-0.1, -0.05) is 29.9 Å². The maximum Gasteiger partial charge on any atom is 0.227 e. The number of carbonyl (C=O) groups is 2. The molecule has 1 aliphatic heterocycles. The van der Waals surface area contributed by atoms with E-state index in [0.29, 0.717) is 29.5 Å². The molecule has 0 spiro atoms. The van der Waals surface area contributed by atoms with Crippen molar-refractivity contribution in [2.24, 2.45) is 0 Å². The van der Waals surface area contributed by atoms with Crippen molar-refractivity contribution < 1.29 is 9.59 Å². The van der Waals surface area contributed by atoms with Gasteiger partial charge in [0.05, 0.1) is 0 Å². The van der Waals surface area contributed by atoms with Crippen LogP contribution in [0.2, 0.25) is 5.02 Å². The molecule has 0 saturated carbocycles. The predicted molar refractivity (Wildman–Crippen MR) is 90.0 cm³/mol. The van der Waals surface area contributed by atoms with Crippen LogP contribution < -0.4 is 10.2 Å². The molecule has 120 valence electrons. The van der Waals surface area contributed by atoms with Crippen molar-refractivity contribution in [3.63, 3.8) is 0 Å². The number of anilines is 2. The fourth-order valence-electron chi connectivity index (χ4n) is 2.40. The number of aromatic nitrogens is 2. The van der Waals surface area contributed by atoms with Crippen molar-refractivity contribution >= 4 is 45.6 Å². The molecule has 1 aromatic carbocycles. The van der Waals surface area contributed by atoms with E-state index in [1.807, 2.05) is 12.1 Å². The zero-order valence-electron chi connectivity index (χ0n) is 12.5. The summed E-state index contributed by atoms with van der Waals surface area (Å²) >= 11 is 7.20. The van der Waals surface area contributed by atoms with E-state index in [0.717, 1.165) is 10.7 Å². The van der Waals surface area contributed by atoms with Gasteiger partial charge in [-0.2, -0.15) is 0 Å². The van der Waals surface area contributed by atoms with Crippen LogP contribution in [0.3, 0.4) is 0 Å². The molecule has 1 saturated heterocycles. The summed E-state index contributed by atoms with van der Waals surface area (Å²) in [5, 5.41) is 12.7. The lowest BCUT2D eigenvalue weighted by Gasteiger charge is -2.16. The van der Waals surface area contributed by atoms with E-state index in [1.165, 1.54) is 11.3 Å². The number of nitrogens with zero attached hydrogens (tertiary/aromatic N) is 3. The molecule has 8 heteroatoms. The second-order valence-corrected chi connectivity index (χ2v) is 6.67. The summed E-state index contributed by atoms with van der Waals surface area (Å²) in [5.74, 6) is -0.0624. The lowest BCUT2D eigenvalue weighted by molar-refractivity contribution is -0.117. The summed E-state index contributed by atoms with van der Waals surface area (Å²) in [6.45, 7) is 2.33. The zero-order chi connectivity index (χ0) is 16.4. The highest BCUT2D eigenvalue weighted by atomic mass is 35.5. The van der Waals surface area contributed by atoms with Crippen molar-refractivity contribution in [1.82, 2.24) is 10.2 Å². The van der Waals surface area contributed by atoms with Crippen molar-refractivity contribution in [2.45, 2.75) is 25.7 Å². The van der Waals surface area contributed by atoms with E-state index >= 15 is 0 Å². The highest BCUT2D eigenvalue weighted by Crippen LogP contribution is 2.34. The van der Waals surface area contributed by atoms with Crippen LogP contribution in [0.4, 0.5) is 10.8 Å². The number of hydrogen-bond donors (Lipinski definition) is 1. The van der Waals surface area contributed by atoms with Crippen LogP contribution >= 0.6 is 22.9 Å². The standard InChI is InChI=1S/C15H15ClN4O2S/c1-2-12(21)17-15-19-18-14(23-15)9-7-13(22)20(8-9)11-5-3-10(16)4-6-11/h3-6,9H,2,7-8H2,1H3,(H,17,19,21). The van der Waals surface area contributed by atoms with Crippen LogP contribution in [-0.2, 0) is 9.59 Å². The molecule has 1 N–H and O–H groups in total. The topological polar surface area (TPSA) is 75.2 Å². The van der Waals surface area contributed by atoms with Gasteiger partial charge in [0.25, 0.3) is 0 Å². The number of halogens is 1. The molecule has 0 aliphatic carbocycles. The average Bonchev–Trinajstić information content (AvgIpc) is 3.15. The smallest absolute Gasteiger partial charge is 0.227 e. The maximum absolute atomic E-state index is 12.3. The summed E-state index contributed by atoms with van der Waals surface area (Å²) in [6, 6.07) is 7.19. The van der Waals surface area contributed by atoms with Crippen LogP contribution in [0.15, 0.2) is 24.3 Å². The highest BCUT2D eigenvalue weighted by Gasteiger charge is 2.33. The molecule has 0 bridgehead atoms. The predicted octanol–water partition coefficient (Wildman–Crippen LogP) is 3.06. The third kappa shape index (κ3) is 3.51. The van der Waals surface area contributed by atoms with E-state index in [2.05, 4.69) is 15.5 Å². The Morgan fingerprint density at radius 1 is 1.39 bits per heavy atom. The van der Waals surface area contributed by atoms with Crippen molar-refractivity contribution in [2.75, 3.05) is 16.8 Å². The maximum atomic E-state index is 12.3. The Labute approximate surface area is 142 Å². The number of carbonyl (C=O) groups excluding carboxylic acids is 2. The number of rotatable bonds is 4. The van der Waals surface area contributed by atoms with Gasteiger partial charge >= 0.3 is 0 Å². The average molecular weight is 351 g/mol. The lowest BCUT2D eigenvalue weighted by atomic mass is 10.1. The molecule has 23 heavy (non-hydrogen) atoms. The Kier molecular flexibility index (Phi) is 4.58. The quantitative estimate of drug-likeness (QED) is 0.919. The van der Waals surface area contributed by atoms with E-state index < -0.39 is 0 Å². The van der Waals surface area contributed by atoms with Gasteiger partial charge in [-0.05, 0) is 24.3 Å². The van der Waals surface area contributed by atoms with E-state index in [1.54, 1.807) is 24.0 Å². The summed E-state index contributed by atoms with van der Waals surface area (Å²) in [4.78, 5) is 25.4. The first-order valence-corrected chi connectivity index (χ1v) is 8.45. The van der Waals surface area contributed by atoms with Gasteiger partial charge < -0.3 is 10.2 Å². The molecule has 0 radical (unpaired) electrons. The Morgan fingerprint density at radius 3 is 2.83 bits per heavy atom. The third-order valence-electron chi connectivity index (χ3n) is 3.62. The first-order valence-electron chi connectivity index (χ1n) is 7.26. The monoisotopic (exact) mass is 350 g/mol. The minimum atomic E-state index is -0.0991. The molecule has 1 fully saturated rings. The first-order chi connectivity index (χ1) is 11.1. The molecule has 1 atom stereocenters. The molecule has 1 unspecified atom stereocenters. The summed E-state index contributed by atoms with van der Waals surface area (Å²) in [6.07, 6.45) is 0.778. The highest BCUT2D eigenvalue weighted by molar-refractivity contribution is 7.15. The minimum absolute atomic E-state index is 0.0112. The van der Waals surface area contributed by atoms with Crippen LogP contribution in [0.5, 0.6) is 0 Å². The van der Waals surface area contributed by atoms with Gasteiger partial charge in [-0.25, -0.2) is 0 Å². The largest absolute Gasteiger partial charge is 0.312 e. The molecule has 1 aliphatic rings. The molecular formula is C15H15ClN4O2S. The fourth-order valence-corrected chi connectivity index (χ4v) is 3.38. The number of amides is 2. The molecule has 3 rings (SSSR count). The minimum Gasteiger partial charge on any atom is -0.312 e. The molecular weight excluding hydrogens is 336 g/mol. The Bertz CT molecular complexity index is 731. The second-order valence-electron chi connectivity index (χ2n) is 5.23. The Hall–Kier alpha value is -1.99. The molecule has 2 amide bonds. The van der Waals surface area contributed by atoms with Crippen LogP contribution in [0.1, 0.15) is 30.7 Å². The van der Waals surface area contributed by atoms with Gasteiger partial charge in [0, 0.05) is 36.0 Å². The Balaban J connectivity index is 1.72. The lowest BCUT2D eigenvalue weighted by Crippen LogP contribution is -2.24. The SMILES string of the molecule is CCC(=O)Nc1nnc(C2CC(=O)N(c3ccc(Cl)cc3)C2)s1. The van der Waals surface area contributed by atoms with Crippen molar-refractivity contribution in [1.29, 1.82) is 0 Å². The second kappa shape index (κ2) is 6.64.